The maximum Gasteiger partial charge on any atom is 0.157 e. The summed E-state index contributed by atoms with van der Waals surface area (Å²) in [6, 6.07) is 0.365. The second kappa shape index (κ2) is 4.53. The molecule has 0 aromatic heterocycles. The zero-order valence-electron chi connectivity index (χ0n) is 8.82. The third kappa shape index (κ3) is 2.64. The Kier molecular flexibility index (Phi) is 3.34. The average Bonchev–Trinajstić information content (AvgIpc) is 2.89. The van der Waals surface area contributed by atoms with Crippen LogP contribution in [0.1, 0.15) is 19.8 Å². The predicted molar refractivity (Wildman–Crippen MR) is 60.9 cm³/mol. The highest BCUT2D eigenvalue weighted by molar-refractivity contribution is 8.14. The van der Waals surface area contributed by atoms with E-state index in [1.807, 2.05) is 11.8 Å². The van der Waals surface area contributed by atoms with E-state index in [2.05, 4.69) is 17.2 Å². The van der Waals surface area contributed by atoms with E-state index in [1.54, 1.807) is 7.11 Å². The molecule has 1 aliphatic carbocycles. The monoisotopic (exact) mass is 214 g/mol. The van der Waals surface area contributed by atoms with Gasteiger partial charge in [0.25, 0.3) is 0 Å². The van der Waals surface area contributed by atoms with Crippen molar-refractivity contribution in [3.05, 3.63) is 0 Å². The van der Waals surface area contributed by atoms with Crippen LogP contribution in [0, 0.1) is 5.92 Å². The number of hydrogen-bond acceptors (Lipinski definition) is 4. The fraction of sp³-hybridized carbons (Fsp3) is 0.900. The van der Waals surface area contributed by atoms with Crippen molar-refractivity contribution in [3.63, 3.8) is 0 Å². The van der Waals surface area contributed by atoms with Crippen LogP contribution >= 0.6 is 11.8 Å². The lowest BCUT2D eigenvalue weighted by molar-refractivity contribution is 0.179. The van der Waals surface area contributed by atoms with Crippen LogP contribution in [0.15, 0.2) is 4.99 Å². The number of nitrogens with one attached hydrogen (secondary N) is 1. The van der Waals surface area contributed by atoms with E-state index in [4.69, 9.17) is 4.74 Å². The normalized spacial score (nSPS) is 28.7. The molecular formula is C10H18N2OS. The molecule has 1 N–H and O–H groups in total. The van der Waals surface area contributed by atoms with Crippen LogP contribution in [-0.4, -0.2) is 36.7 Å². The first-order chi connectivity index (χ1) is 6.79. The molecule has 80 valence electrons. The molecule has 0 spiro atoms. The zero-order chi connectivity index (χ0) is 9.97. The Morgan fingerprint density at radius 1 is 1.64 bits per heavy atom. The summed E-state index contributed by atoms with van der Waals surface area (Å²) >= 11 is 1.92. The fourth-order valence-corrected chi connectivity index (χ4v) is 3.00. The van der Waals surface area contributed by atoms with Gasteiger partial charge in [0, 0.05) is 18.4 Å². The summed E-state index contributed by atoms with van der Waals surface area (Å²) in [4.78, 5) is 4.51. The van der Waals surface area contributed by atoms with E-state index in [1.165, 1.54) is 12.8 Å². The summed E-state index contributed by atoms with van der Waals surface area (Å²) < 4.78 is 5.07. The van der Waals surface area contributed by atoms with Crippen molar-refractivity contribution in [2.24, 2.45) is 10.9 Å². The van der Waals surface area contributed by atoms with Crippen molar-refractivity contribution in [1.29, 1.82) is 0 Å². The number of nitrogens with zero attached hydrogens (tertiary/aromatic N) is 1. The molecule has 0 amide bonds. The van der Waals surface area contributed by atoms with Gasteiger partial charge in [-0.3, -0.25) is 4.99 Å². The first-order valence-electron chi connectivity index (χ1n) is 5.26. The second-order valence-corrected chi connectivity index (χ2v) is 5.37. The van der Waals surface area contributed by atoms with Crippen molar-refractivity contribution in [2.75, 3.05) is 20.3 Å². The molecule has 14 heavy (non-hydrogen) atoms. The molecule has 2 rings (SSSR count). The van der Waals surface area contributed by atoms with Gasteiger partial charge in [0.15, 0.2) is 5.17 Å². The number of amidine groups is 1. The van der Waals surface area contributed by atoms with E-state index in [-0.39, 0.29) is 0 Å². The average molecular weight is 214 g/mol. The maximum atomic E-state index is 5.07. The van der Waals surface area contributed by atoms with Gasteiger partial charge in [0.1, 0.15) is 0 Å². The summed E-state index contributed by atoms with van der Waals surface area (Å²) in [6.45, 7) is 3.88. The number of hydrogen-bond donors (Lipinski definition) is 1. The lowest BCUT2D eigenvalue weighted by Crippen LogP contribution is -2.33. The molecule has 2 atom stereocenters. The second-order valence-electron chi connectivity index (χ2n) is 4.14. The van der Waals surface area contributed by atoms with Gasteiger partial charge in [-0.25, -0.2) is 0 Å². The molecule has 4 heteroatoms. The molecule has 1 aliphatic heterocycles. The highest BCUT2D eigenvalue weighted by Crippen LogP contribution is 2.41. The van der Waals surface area contributed by atoms with Crippen LogP contribution < -0.4 is 5.32 Å². The molecule has 1 fully saturated rings. The van der Waals surface area contributed by atoms with Crippen molar-refractivity contribution in [2.45, 2.75) is 31.1 Å². The molecular weight excluding hydrogens is 196 g/mol. The molecule has 1 heterocycles. The van der Waals surface area contributed by atoms with Crippen molar-refractivity contribution >= 4 is 16.9 Å². The van der Waals surface area contributed by atoms with Gasteiger partial charge >= 0.3 is 0 Å². The van der Waals surface area contributed by atoms with Gasteiger partial charge in [-0.2, -0.15) is 0 Å². The van der Waals surface area contributed by atoms with Crippen LogP contribution in [0.25, 0.3) is 0 Å². The van der Waals surface area contributed by atoms with Crippen molar-refractivity contribution < 1.29 is 4.74 Å². The largest absolute Gasteiger partial charge is 0.383 e. The van der Waals surface area contributed by atoms with E-state index in [0.29, 0.717) is 6.04 Å². The summed E-state index contributed by atoms with van der Waals surface area (Å²) in [5.74, 6) is 0.945. The molecule has 0 radical (unpaired) electrons. The van der Waals surface area contributed by atoms with Crippen LogP contribution in [0.3, 0.4) is 0 Å². The molecule has 2 unspecified atom stereocenters. The Morgan fingerprint density at radius 3 is 3.07 bits per heavy atom. The number of ether oxygens (including phenoxy) is 1. The Balaban J connectivity index is 1.71. The Morgan fingerprint density at radius 2 is 2.43 bits per heavy atom. The first kappa shape index (κ1) is 10.3. The summed E-state index contributed by atoms with van der Waals surface area (Å²) in [7, 11) is 1.73. The van der Waals surface area contributed by atoms with E-state index in [0.717, 1.165) is 29.5 Å². The molecule has 2 aliphatic rings. The standard InChI is InChI=1S/C10H18N2OS/c1-7(6-13-2)12-10-11-5-9(14-10)8-3-4-8/h7-9H,3-6H2,1-2H3,(H,11,12). The molecule has 1 saturated carbocycles. The van der Waals surface area contributed by atoms with E-state index >= 15 is 0 Å². The Bertz CT molecular complexity index is 228. The highest BCUT2D eigenvalue weighted by atomic mass is 32.2. The smallest absolute Gasteiger partial charge is 0.157 e. The minimum absolute atomic E-state index is 0.365. The SMILES string of the molecule is COCC(C)NC1=NCC(C2CC2)S1. The van der Waals surface area contributed by atoms with Crippen LogP contribution in [0.2, 0.25) is 0 Å². The van der Waals surface area contributed by atoms with Crippen molar-refractivity contribution in [3.8, 4) is 0 Å². The quantitative estimate of drug-likeness (QED) is 0.770. The van der Waals surface area contributed by atoms with E-state index in [9.17, 15) is 0 Å². The molecule has 0 bridgehead atoms. The van der Waals surface area contributed by atoms with Gasteiger partial charge in [-0.05, 0) is 25.7 Å². The maximum absolute atomic E-state index is 5.07. The van der Waals surface area contributed by atoms with Crippen LogP contribution in [0.5, 0.6) is 0 Å². The minimum Gasteiger partial charge on any atom is -0.383 e. The Hall–Kier alpha value is -0.220. The van der Waals surface area contributed by atoms with Crippen LogP contribution in [-0.2, 0) is 4.74 Å². The molecule has 0 aromatic carbocycles. The topological polar surface area (TPSA) is 33.6 Å². The van der Waals surface area contributed by atoms with Gasteiger partial charge in [0.2, 0.25) is 0 Å². The first-order valence-corrected chi connectivity index (χ1v) is 6.14. The third-order valence-electron chi connectivity index (χ3n) is 2.61. The zero-order valence-corrected chi connectivity index (χ0v) is 9.64. The van der Waals surface area contributed by atoms with Crippen molar-refractivity contribution in [1.82, 2.24) is 5.32 Å². The third-order valence-corrected chi connectivity index (χ3v) is 3.92. The number of thioether (sulfide) groups is 1. The highest BCUT2D eigenvalue weighted by Gasteiger charge is 2.35. The van der Waals surface area contributed by atoms with Gasteiger partial charge in [-0.1, -0.05) is 11.8 Å². The lowest BCUT2D eigenvalue weighted by Gasteiger charge is -2.13. The molecule has 0 saturated heterocycles. The molecule has 0 aromatic rings. The number of rotatable bonds is 4. The van der Waals surface area contributed by atoms with Gasteiger partial charge < -0.3 is 10.1 Å². The van der Waals surface area contributed by atoms with E-state index < -0.39 is 0 Å². The molecule has 3 nitrogen and oxygen atoms in total. The summed E-state index contributed by atoms with van der Waals surface area (Å²) in [6.07, 6.45) is 2.82. The Labute approximate surface area is 89.7 Å². The lowest BCUT2D eigenvalue weighted by atomic mass is 10.3. The number of methoxy groups -OCH3 is 1. The fourth-order valence-electron chi connectivity index (χ4n) is 1.69. The minimum atomic E-state index is 0.365. The van der Waals surface area contributed by atoms with Crippen LogP contribution in [0.4, 0.5) is 0 Å². The van der Waals surface area contributed by atoms with Gasteiger partial charge in [-0.15, -0.1) is 0 Å². The predicted octanol–water partition coefficient (Wildman–Crippen LogP) is 1.49. The summed E-state index contributed by atoms with van der Waals surface area (Å²) in [5.41, 5.74) is 0. The van der Waals surface area contributed by atoms with Gasteiger partial charge in [0.05, 0.1) is 13.2 Å². The summed E-state index contributed by atoms with van der Waals surface area (Å²) in [5, 5.41) is 5.25. The number of aliphatic imine (C=N–C) groups is 1.